The van der Waals surface area contributed by atoms with Crippen LogP contribution in [0.5, 0.6) is 5.75 Å². The molecule has 0 fully saturated rings. The first-order valence-corrected chi connectivity index (χ1v) is 8.48. The zero-order chi connectivity index (χ0) is 16.0. The maximum Gasteiger partial charge on any atom is 0.270 e. The van der Waals surface area contributed by atoms with Crippen LogP contribution in [-0.4, -0.2) is 21.9 Å². The van der Waals surface area contributed by atoms with Crippen molar-refractivity contribution in [1.82, 2.24) is 14.7 Å². The molecule has 7 heteroatoms. The van der Waals surface area contributed by atoms with Gasteiger partial charge in [-0.25, -0.2) is 4.98 Å². The number of benzene rings is 1. The molecule has 0 atom stereocenters. The topological polar surface area (TPSA) is 55.6 Å². The number of rotatable bonds is 3. The Hall–Kier alpha value is -2.05. The van der Waals surface area contributed by atoms with E-state index in [-0.39, 0.29) is 5.91 Å². The number of carbonyl (C=O) groups is 1. The van der Waals surface area contributed by atoms with E-state index >= 15 is 0 Å². The molecule has 0 unspecified atom stereocenters. The number of imidazole rings is 1. The Balaban J connectivity index is 1.54. The van der Waals surface area contributed by atoms with E-state index in [1.807, 2.05) is 19.1 Å². The number of aromatic nitrogens is 2. The number of nitrogens with zero attached hydrogens (tertiary/aromatic N) is 2. The summed E-state index contributed by atoms with van der Waals surface area (Å²) in [6, 6.07) is 6.07. The van der Waals surface area contributed by atoms with Crippen LogP contribution in [0.15, 0.2) is 24.4 Å². The third kappa shape index (κ3) is 2.58. The monoisotopic (exact) mass is 347 g/mol. The molecular formula is C16H14ClN3O2S. The molecule has 1 amide bonds. The zero-order valence-electron chi connectivity index (χ0n) is 12.4. The van der Waals surface area contributed by atoms with Gasteiger partial charge in [-0.05, 0) is 24.1 Å². The summed E-state index contributed by atoms with van der Waals surface area (Å²) in [5.74, 6) is 0.759. The summed E-state index contributed by atoms with van der Waals surface area (Å²) < 4.78 is 7.91. The number of halogens is 1. The third-order valence-corrected chi connectivity index (χ3v) is 5.00. The predicted molar refractivity (Wildman–Crippen MR) is 89.6 cm³/mol. The number of aryl methyl sites for hydroxylation is 1. The minimum absolute atomic E-state index is 0.161. The minimum Gasteiger partial charge on any atom is -0.493 e. The molecule has 0 aliphatic carbocycles. The maximum absolute atomic E-state index is 12.5. The van der Waals surface area contributed by atoms with Gasteiger partial charge in [-0.15, -0.1) is 0 Å². The number of ether oxygens (including phenoxy) is 1. The van der Waals surface area contributed by atoms with Crippen molar-refractivity contribution in [3.8, 4) is 5.75 Å². The average Bonchev–Trinajstić information content (AvgIpc) is 3.17. The second-order valence-electron chi connectivity index (χ2n) is 5.46. The van der Waals surface area contributed by atoms with E-state index in [0.29, 0.717) is 22.3 Å². The standard InChI is InChI=1S/C16H14ClN3O2S/c1-9-14(20-8-13(17)23-16(20)19-9)15(21)18-7-10-2-3-11-4-5-22-12(11)6-10/h2-3,6,8H,4-5,7H2,1H3,(H,18,21). The molecule has 0 bridgehead atoms. The van der Waals surface area contributed by atoms with Gasteiger partial charge in [0.2, 0.25) is 0 Å². The van der Waals surface area contributed by atoms with Crippen LogP contribution in [0.4, 0.5) is 0 Å². The molecule has 0 radical (unpaired) electrons. The van der Waals surface area contributed by atoms with Crippen molar-refractivity contribution >= 4 is 33.8 Å². The van der Waals surface area contributed by atoms with Crippen molar-refractivity contribution in [3.63, 3.8) is 0 Å². The predicted octanol–water partition coefficient (Wildman–Crippen LogP) is 3.22. The quantitative estimate of drug-likeness (QED) is 0.791. The molecular weight excluding hydrogens is 334 g/mol. The zero-order valence-corrected chi connectivity index (χ0v) is 14.0. The molecule has 118 valence electrons. The second-order valence-corrected chi connectivity index (χ2v) is 7.10. The van der Waals surface area contributed by atoms with Gasteiger partial charge in [-0.1, -0.05) is 35.1 Å². The van der Waals surface area contributed by atoms with E-state index in [1.165, 1.54) is 16.9 Å². The van der Waals surface area contributed by atoms with Crippen molar-refractivity contribution in [2.24, 2.45) is 0 Å². The Morgan fingerprint density at radius 2 is 2.39 bits per heavy atom. The summed E-state index contributed by atoms with van der Waals surface area (Å²) >= 11 is 7.35. The van der Waals surface area contributed by atoms with Crippen LogP contribution in [-0.2, 0) is 13.0 Å². The Morgan fingerprint density at radius 1 is 1.52 bits per heavy atom. The van der Waals surface area contributed by atoms with Gasteiger partial charge in [-0.2, -0.15) is 0 Å². The number of hydrogen-bond donors (Lipinski definition) is 1. The van der Waals surface area contributed by atoms with Crippen molar-refractivity contribution < 1.29 is 9.53 Å². The second kappa shape index (κ2) is 5.54. The summed E-state index contributed by atoms with van der Waals surface area (Å²) in [5.41, 5.74) is 3.46. The Labute approximate surface area is 141 Å². The Morgan fingerprint density at radius 3 is 3.26 bits per heavy atom. The first-order valence-electron chi connectivity index (χ1n) is 7.28. The Kier molecular flexibility index (Phi) is 3.50. The van der Waals surface area contributed by atoms with E-state index in [2.05, 4.69) is 16.4 Å². The first kappa shape index (κ1) is 14.5. The fraction of sp³-hybridized carbons (Fsp3) is 0.250. The molecule has 4 rings (SSSR count). The van der Waals surface area contributed by atoms with Gasteiger partial charge < -0.3 is 10.1 Å². The van der Waals surface area contributed by atoms with Crippen molar-refractivity contribution in [2.75, 3.05) is 6.61 Å². The molecule has 5 nitrogen and oxygen atoms in total. The molecule has 1 aliphatic heterocycles. The molecule has 3 heterocycles. The van der Waals surface area contributed by atoms with E-state index < -0.39 is 0 Å². The lowest BCUT2D eigenvalue weighted by atomic mass is 10.1. The lowest BCUT2D eigenvalue weighted by Gasteiger charge is -2.07. The van der Waals surface area contributed by atoms with Crippen molar-refractivity contribution in [3.05, 3.63) is 51.2 Å². The largest absolute Gasteiger partial charge is 0.493 e. The van der Waals surface area contributed by atoms with Gasteiger partial charge in [-0.3, -0.25) is 9.20 Å². The molecule has 1 aromatic carbocycles. The molecule has 1 aliphatic rings. The van der Waals surface area contributed by atoms with Crippen LogP contribution in [0.2, 0.25) is 4.34 Å². The van der Waals surface area contributed by atoms with Crippen LogP contribution in [0.25, 0.3) is 4.96 Å². The number of fused-ring (bicyclic) bond motifs is 2. The summed E-state index contributed by atoms with van der Waals surface area (Å²) in [6.45, 7) is 3.00. The highest BCUT2D eigenvalue weighted by Crippen LogP contribution is 2.27. The normalized spacial score (nSPS) is 13.1. The molecule has 3 aromatic rings. The summed E-state index contributed by atoms with van der Waals surface area (Å²) in [7, 11) is 0. The molecule has 23 heavy (non-hydrogen) atoms. The van der Waals surface area contributed by atoms with Gasteiger partial charge in [0.1, 0.15) is 15.8 Å². The molecule has 0 saturated carbocycles. The van der Waals surface area contributed by atoms with Gasteiger partial charge in [0.05, 0.1) is 12.3 Å². The maximum atomic E-state index is 12.5. The van der Waals surface area contributed by atoms with Gasteiger partial charge in [0, 0.05) is 19.2 Å². The third-order valence-electron chi connectivity index (χ3n) is 3.90. The van der Waals surface area contributed by atoms with Crippen LogP contribution in [0.1, 0.15) is 27.3 Å². The van der Waals surface area contributed by atoms with Crippen LogP contribution in [0, 0.1) is 6.92 Å². The molecule has 2 aromatic heterocycles. The smallest absolute Gasteiger partial charge is 0.270 e. The fourth-order valence-electron chi connectivity index (χ4n) is 2.79. The van der Waals surface area contributed by atoms with Crippen LogP contribution in [0.3, 0.4) is 0 Å². The van der Waals surface area contributed by atoms with E-state index in [9.17, 15) is 4.79 Å². The number of amides is 1. The minimum atomic E-state index is -0.161. The Bertz CT molecular complexity index is 916. The van der Waals surface area contributed by atoms with Crippen LogP contribution >= 0.6 is 22.9 Å². The van der Waals surface area contributed by atoms with Crippen molar-refractivity contribution in [2.45, 2.75) is 19.9 Å². The molecule has 1 N–H and O–H groups in total. The van der Waals surface area contributed by atoms with Crippen LogP contribution < -0.4 is 10.1 Å². The van der Waals surface area contributed by atoms with Crippen molar-refractivity contribution in [1.29, 1.82) is 0 Å². The molecule has 0 saturated heterocycles. The van der Waals surface area contributed by atoms with E-state index in [4.69, 9.17) is 16.3 Å². The average molecular weight is 348 g/mol. The summed E-state index contributed by atoms with van der Waals surface area (Å²) in [6.07, 6.45) is 2.67. The highest BCUT2D eigenvalue weighted by Gasteiger charge is 2.18. The first-order chi connectivity index (χ1) is 11.1. The summed E-state index contributed by atoms with van der Waals surface area (Å²) in [5, 5.41) is 2.94. The lowest BCUT2D eigenvalue weighted by Crippen LogP contribution is -2.24. The lowest BCUT2D eigenvalue weighted by molar-refractivity contribution is 0.0944. The van der Waals surface area contributed by atoms with E-state index in [1.54, 1.807) is 10.6 Å². The van der Waals surface area contributed by atoms with E-state index in [0.717, 1.165) is 29.3 Å². The number of nitrogens with one attached hydrogen (secondary N) is 1. The van der Waals surface area contributed by atoms with Gasteiger partial charge in [0.25, 0.3) is 5.91 Å². The fourth-order valence-corrected chi connectivity index (χ4v) is 3.85. The molecule has 0 spiro atoms. The number of carbonyl (C=O) groups excluding carboxylic acids is 1. The summed E-state index contributed by atoms with van der Waals surface area (Å²) in [4.78, 5) is 17.6. The van der Waals surface area contributed by atoms with Gasteiger partial charge >= 0.3 is 0 Å². The highest BCUT2D eigenvalue weighted by molar-refractivity contribution is 7.20. The number of thiazole rings is 1. The number of hydrogen-bond acceptors (Lipinski definition) is 4. The van der Waals surface area contributed by atoms with Gasteiger partial charge in [0.15, 0.2) is 4.96 Å². The highest BCUT2D eigenvalue weighted by atomic mass is 35.5. The SMILES string of the molecule is Cc1nc2sc(Cl)cn2c1C(=O)NCc1ccc2c(c1)OCC2.